The first-order valence-corrected chi connectivity index (χ1v) is 11.1. The first kappa shape index (κ1) is 23.7. The van der Waals surface area contributed by atoms with E-state index in [-0.39, 0.29) is 12.5 Å². The van der Waals surface area contributed by atoms with Gasteiger partial charge in [-0.25, -0.2) is 5.43 Å². The van der Waals surface area contributed by atoms with Crippen LogP contribution in [-0.4, -0.2) is 27.8 Å². The molecule has 2 amide bonds. The molecular formula is C26H22ClN5O3. The number of halogens is 1. The van der Waals surface area contributed by atoms with Crippen molar-refractivity contribution in [3.8, 4) is 17.0 Å². The van der Waals surface area contributed by atoms with Crippen molar-refractivity contribution in [2.24, 2.45) is 10.8 Å². The van der Waals surface area contributed by atoms with Gasteiger partial charge in [-0.05, 0) is 30.3 Å². The average molecular weight is 488 g/mol. The second-order valence-corrected chi connectivity index (χ2v) is 7.97. The van der Waals surface area contributed by atoms with Crippen LogP contribution in [0.3, 0.4) is 0 Å². The molecular weight excluding hydrogens is 466 g/mol. The van der Waals surface area contributed by atoms with Gasteiger partial charge in [0.1, 0.15) is 24.6 Å². The largest absolute Gasteiger partial charge is 0.489 e. The summed E-state index contributed by atoms with van der Waals surface area (Å²) in [5, 5.41) is 9.12. The van der Waals surface area contributed by atoms with Crippen molar-refractivity contribution in [3.05, 3.63) is 107 Å². The monoisotopic (exact) mass is 487 g/mol. The molecule has 3 aromatic carbocycles. The van der Waals surface area contributed by atoms with Crippen molar-refractivity contribution in [3.63, 3.8) is 0 Å². The Labute approximate surface area is 207 Å². The van der Waals surface area contributed by atoms with E-state index >= 15 is 0 Å². The van der Waals surface area contributed by atoms with Gasteiger partial charge in [-0.15, -0.1) is 0 Å². The van der Waals surface area contributed by atoms with E-state index in [0.717, 1.165) is 11.1 Å². The molecule has 35 heavy (non-hydrogen) atoms. The standard InChI is InChI=1S/C26H22ClN5O3/c27-23-9-5-4-8-20(23)17-35-22-12-10-19(11-13-22)26(34)30-29-14-21-15-32(16-24(28)33)31-25(21)18-6-2-1-3-7-18/h1-15H,16-17H2,(H2,28,33)(H,30,34)/b29-14-. The lowest BCUT2D eigenvalue weighted by molar-refractivity contribution is -0.118. The summed E-state index contributed by atoms with van der Waals surface area (Å²) in [4.78, 5) is 23.8. The Morgan fingerprint density at radius 1 is 1.03 bits per heavy atom. The number of hydrazone groups is 1. The fraction of sp³-hybridized carbons (Fsp3) is 0.0769. The third-order valence-corrected chi connectivity index (χ3v) is 5.36. The van der Waals surface area contributed by atoms with Gasteiger partial charge in [0.05, 0.1) is 6.21 Å². The molecule has 176 valence electrons. The molecule has 0 saturated heterocycles. The van der Waals surface area contributed by atoms with Crippen molar-refractivity contribution in [2.75, 3.05) is 0 Å². The van der Waals surface area contributed by atoms with Gasteiger partial charge in [-0.1, -0.05) is 60.1 Å². The van der Waals surface area contributed by atoms with Gasteiger partial charge >= 0.3 is 0 Å². The highest BCUT2D eigenvalue weighted by Gasteiger charge is 2.11. The molecule has 8 nitrogen and oxygen atoms in total. The lowest BCUT2D eigenvalue weighted by atomic mass is 10.1. The molecule has 0 aliphatic heterocycles. The Balaban J connectivity index is 1.40. The van der Waals surface area contributed by atoms with E-state index in [4.69, 9.17) is 22.1 Å². The van der Waals surface area contributed by atoms with E-state index in [0.29, 0.717) is 34.2 Å². The minimum atomic E-state index is -0.511. The zero-order valence-electron chi connectivity index (χ0n) is 18.6. The number of carbonyl (C=O) groups excluding carboxylic acids is 2. The maximum absolute atomic E-state index is 12.5. The predicted molar refractivity (Wildman–Crippen MR) is 134 cm³/mol. The molecule has 0 aliphatic carbocycles. The Morgan fingerprint density at radius 2 is 1.74 bits per heavy atom. The maximum Gasteiger partial charge on any atom is 0.271 e. The van der Waals surface area contributed by atoms with Crippen LogP contribution in [0, 0.1) is 0 Å². The topological polar surface area (TPSA) is 112 Å². The Hall–Kier alpha value is -4.43. The summed E-state index contributed by atoms with van der Waals surface area (Å²) in [5.74, 6) is -0.285. The third kappa shape index (κ3) is 6.33. The first-order valence-electron chi connectivity index (χ1n) is 10.7. The molecule has 9 heteroatoms. The van der Waals surface area contributed by atoms with Gasteiger partial charge in [0, 0.05) is 33.5 Å². The fourth-order valence-electron chi connectivity index (χ4n) is 3.30. The highest BCUT2D eigenvalue weighted by Crippen LogP contribution is 2.21. The molecule has 1 heterocycles. The quantitative estimate of drug-likeness (QED) is 0.274. The van der Waals surface area contributed by atoms with E-state index in [9.17, 15) is 9.59 Å². The number of benzene rings is 3. The van der Waals surface area contributed by atoms with Crippen LogP contribution >= 0.6 is 11.6 Å². The van der Waals surface area contributed by atoms with Crippen LogP contribution in [0.5, 0.6) is 5.75 Å². The van der Waals surface area contributed by atoms with Crippen LogP contribution in [0.1, 0.15) is 21.5 Å². The van der Waals surface area contributed by atoms with Gasteiger partial charge in [0.25, 0.3) is 5.91 Å². The van der Waals surface area contributed by atoms with Gasteiger partial charge in [-0.3, -0.25) is 14.3 Å². The minimum absolute atomic E-state index is 0.0646. The highest BCUT2D eigenvalue weighted by atomic mass is 35.5. The Kier molecular flexibility index (Phi) is 7.54. The zero-order valence-corrected chi connectivity index (χ0v) is 19.4. The summed E-state index contributed by atoms with van der Waals surface area (Å²) >= 11 is 6.15. The number of rotatable bonds is 9. The van der Waals surface area contributed by atoms with Crippen LogP contribution in [0.25, 0.3) is 11.3 Å². The van der Waals surface area contributed by atoms with Crippen molar-refractivity contribution < 1.29 is 14.3 Å². The number of hydrogen-bond acceptors (Lipinski definition) is 5. The molecule has 4 aromatic rings. The molecule has 1 aromatic heterocycles. The van der Waals surface area contributed by atoms with E-state index in [1.54, 1.807) is 36.5 Å². The number of primary amides is 1. The molecule has 0 spiro atoms. The SMILES string of the molecule is NC(=O)Cn1cc(/C=N\NC(=O)c2ccc(OCc3ccccc3Cl)cc2)c(-c2ccccc2)n1. The van der Waals surface area contributed by atoms with Crippen molar-refractivity contribution in [1.82, 2.24) is 15.2 Å². The van der Waals surface area contributed by atoms with E-state index in [1.807, 2.05) is 48.5 Å². The van der Waals surface area contributed by atoms with E-state index < -0.39 is 5.91 Å². The summed E-state index contributed by atoms with van der Waals surface area (Å²) in [6.07, 6.45) is 3.12. The highest BCUT2D eigenvalue weighted by molar-refractivity contribution is 6.31. The number of hydrogen-bond donors (Lipinski definition) is 2. The van der Waals surface area contributed by atoms with Gasteiger partial charge in [0.2, 0.25) is 5.91 Å². The van der Waals surface area contributed by atoms with Crippen LogP contribution in [0.2, 0.25) is 5.02 Å². The zero-order chi connectivity index (χ0) is 24.6. The summed E-state index contributed by atoms with van der Waals surface area (Å²) in [5.41, 5.74) is 11.2. The van der Waals surface area contributed by atoms with Crippen LogP contribution in [0.4, 0.5) is 0 Å². The van der Waals surface area contributed by atoms with Crippen LogP contribution in [0.15, 0.2) is 90.2 Å². The number of nitrogens with zero attached hydrogens (tertiary/aromatic N) is 3. The van der Waals surface area contributed by atoms with Crippen molar-refractivity contribution in [2.45, 2.75) is 13.2 Å². The van der Waals surface area contributed by atoms with E-state index in [1.165, 1.54) is 10.9 Å². The molecule has 0 saturated carbocycles. The first-order chi connectivity index (χ1) is 17.0. The summed E-state index contributed by atoms with van der Waals surface area (Å²) in [6.45, 7) is 0.258. The number of aromatic nitrogens is 2. The number of nitrogens with two attached hydrogens (primary N) is 1. The smallest absolute Gasteiger partial charge is 0.271 e. The van der Waals surface area contributed by atoms with Gasteiger partial charge in [0.15, 0.2) is 0 Å². The average Bonchev–Trinajstić information content (AvgIpc) is 3.26. The van der Waals surface area contributed by atoms with Crippen molar-refractivity contribution >= 4 is 29.6 Å². The van der Waals surface area contributed by atoms with Crippen LogP contribution < -0.4 is 15.9 Å². The molecule has 3 N–H and O–H groups in total. The molecule has 0 unspecified atom stereocenters. The summed E-state index contributed by atoms with van der Waals surface area (Å²) in [7, 11) is 0. The van der Waals surface area contributed by atoms with E-state index in [2.05, 4.69) is 15.6 Å². The molecule has 0 aliphatic rings. The molecule has 0 fully saturated rings. The molecule has 0 radical (unpaired) electrons. The number of ether oxygens (including phenoxy) is 1. The summed E-state index contributed by atoms with van der Waals surface area (Å²) < 4.78 is 7.18. The lowest BCUT2D eigenvalue weighted by Crippen LogP contribution is -2.18. The summed E-state index contributed by atoms with van der Waals surface area (Å²) in [6, 6.07) is 23.6. The lowest BCUT2D eigenvalue weighted by Gasteiger charge is -2.08. The maximum atomic E-state index is 12.5. The second-order valence-electron chi connectivity index (χ2n) is 7.57. The van der Waals surface area contributed by atoms with Crippen molar-refractivity contribution in [1.29, 1.82) is 0 Å². The molecule has 4 rings (SSSR count). The van der Waals surface area contributed by atoms with Crippen LogP contribution in [-0.2, 0) is 17.9 Å². The fourth-order valence-corrected chi connectivity index (χ4v) is 3.49. The predicted octanol–water partition coefficient (Wildman–Crippen LogP) is 4.03. The molecule has 0 bridgehead atoms. The number of nitrogens with one attached hydrogen (secondary N) is 1. The van der Waals surface area contributed by atoms with Gasteiger partial charge < -0.3 is 10.5 Å². The Bertz CT molecular complexity index is 1350. The Morgan fingerprint density at radius 3 is 2.46 bits per heavy atom. The molecule has 0 atom stereocenters. The number of carbonyl (C=O) groups is 2. The second kappa shape index (κ2) is 11.1. The number of amides is 2. The minimum Gasteiger partial charge on any atom is -0.489 e. The third-order valence-electron chi connectivity index (χ3n) is 4.99. The van der Waals surface area contributed by atoms with Gasteiger partial charge in [-0.2, -0.15) is 10.2 Å². The normalized spacial score (nSPS) is 10.9.